The van der Waals surface area contributed by atoms with E-state index in [1.807, 2.05) is 42.2 Å². The van der Waals surface area contributed by atoms with Crippen LogP contribution in [0.4, 0.5) is 0 Å². The van der Waals surface area contributed by atoms with Gasteiger partial charge in [0.1, 0.15) is 5.41 Å². The first-order chi connectivity index (χ1) is 18.5. The fraction of sp³-hybridized carbons (Fsp3) is 0.531. The standard InChI is InChI=1S/C32H42N2O4/c1-3-5-6-7-8-11-20-34-28-18-13-19-32(28,31(37)38-4-2)22-26(30(34)36)21-29(35)33-23-25-16-12-15-24-14-9-10-17-27(24)25/h9-10,12,14-18,26H,3-8,11,13,19-23H2,1-2H3,(H,33,35)/t26-,32+/m1/s1. The summed E-state index contributed by atoms with van der Waals surface area (Å²) in [5.74, 6) is -1.00. The fourth-order valence-electron chi connectivity index (χ4n) is 6.14. The number of ether oxygens (including phenoxy) is 1. The van der Waals surface area contributed by atoms with Gasteiger partial charge in [-0.15, -0.1) is 0 Å². The predicted molar refractivity (Wildman–Crippen MR) is 150 cm³/mol. The van der Waals surface area contributed by atoms with Crippen molar-refractivity contribution in [3.8, 4) is 0 Å². The molecular weight excluding hydrogens is 476 g/mol. The summed E-state index contributed by atoms with van der Waals surface area (Å²) in [6, 6.07) is 14.2. The molecule has 6 heteroatoms. The monoisotopic (exact) mass is 518 g/mol. The molecule has 1 fully saturated rings. The maximum Gasteiger partial charge on any atom is 0.318 e. The van der Waals surface area contributed by atoms with Crippen LogP contribution in [0.25, 0.3) is 10.8 Å². The Labute approximate surface area is 226 Å². The minimum absolute atomic E-state index is 0.0352. The van der Waals surface area contributed by atoms with Crippen molar-refractivity contribution in [1.82, 2.24) is 10.2 Å². The molecule has 0 bridgehead atoms. The number of carbonyl (C=O) groups excluding carboxylic acids is 3. The quantitative estimate of drug-likeness (QED) is 0.250. The molecule has 6 nitrogen and oxygen atoms in total. The van der Waals surface area contributed by atoms with Crippen molar-refractivity contribution in [3.05, 3.63) is 59.8 Å². The van der Waals surface area contributed by atoms with Crippen LogP contribution in [0.5, 0.6) is 0 Å². The van der Waals surface area contributed by atoms with Crippen LogP contribution in [0.3, 0.4) is 0 Å². The van der Waals surface area contributed by atoms with Gasteiger partial charge in [0.05, 0.1) is 6.61 Å². The van der Waals surface area contributed by atoms with Gasteiger partial charge in [-0.25, -0.2) is 0 Å². The molecule has 2 aromatic carbocycles. The number of nitrogens with one attached hydrogen (secondary N) is 1. The number of piperidine rings is 1. The molecule has 2 atom stereocenters. The van der Waals surface area contributed by atoms with E-state index >= 15 is 0 Å². The number of benzene rings is 2. The summed E-state index contributed by atoms with van der Waals surface area (Å²) in [7, 11) is 0. The topological polar surface area (TPSA) is 75.7 Å². The number of hydrogen-bond donors (Lipinski definition) is 1. The maximum absolute atomic E-state index is 13.7. The third-order valence-electron chi connectivity index (χ3n) is 8.09. The lowest BCUT2D eigenvalue weighted by Crippen LogP contribution is -2.52. The van der Waals surface area contributed by atoms with E-state index in [2.05, 4.69) is 30.4 Å². The molecule has 4 rings (SSSR count). The molecule has 1 heterocycles. The second-order valence-electron chi connectivity index (χ2n) is 10.7. The molecule has 1 aliphatic heterocycles. The van der Waals surface area contributed by atoms with Crippen LogP contribution in [-0.2, 0) is 25.7 Å². The summed E-state index contributed by atoms with van der Waals surface area (Å²) < 4.78 is 5.52. The van der Waals surface area contributed by atoms with Gasteiger partial charge in [-0.2, -0.15) is 0 Å². The average Bonchev–Trinajstić information content (AvgIpc) is 3.36. The van der Waals surface area contributed by atoms with Gasteiger partial charge in [-0.3, -0.25) is 14.4 Å². The summed E-state index contributed by atoms with van der Waals surface area (Å²) >= 11 is 0. The SMILES string of the molecule is CCCCCCCCN1C(=O)[C@H](CC(=O)NCc2cccc3ccccc23)C[C@@]2(C(=O)OCC)CCC=C12. The summed E-state index contributed by atoms with van der Waals surface area (Å²) in [6.45, 7) is 5.30. The van der Waals surface area contributed by atoms with Gasteiger partial charge in [0.25, 0.3) is 0 Å². The number of amides is 2. The van der Waals surface area contributed by atoms with Crippen molar-refractivity contribution in [2.75, 3.05) is 13.2 Å². The lowest BCUT2D eigenvalue weighted by molar-refractivity contribution is -0.160. The largest absolute Gasteiger partial charge is 0.465 e. The van der Waals surface area contributed by atoms with Crippen LogP contribution in [0.15, 0.2) is 54.2 Å². The minimum Gasteiger partial charge on any atom is -0.465 e. The number of esters is 1. The van der Waals surface area contributed by atoms with E-state index in [0.29, 0.717) is 32.5 Å². The molecule has 2 aliphatic rings. The zero-order valence-electron chi connectivity index (χ0n) is 23.0. The minimum atomic E-state index is -0.827. The first-order valence-corrected chi connectivity index (χ1v) is 14.4. The van der Waals surface area contributed by atoms with Crippen molar-refractivity contribution >= 4 is 28.6 Å². The number of unbranched alkanes of at least 4 members (excludes halogenated alkanes) is 5. The number of hydrogen-bond acceptors (Lipinski definition) is 4. The zero-order chi connectivity index (χ0) is 27.0. The molecule has 2 aromatic rings. The van der Waals surface area contributed by atoms with Crippen LogP contribution in [0.1, 0.15) is 83.6 Å². The van der Waals surface area contributed by atoms with E-state index in [9.17, 15) is 14.4 Å². The number of carbonyl (C=O) groups is 3. The first-order valence-electron chi connectivity index (χ1n) is 14.4. The molecule has 0 radical (unpaired) electrons. The molecular formula is C32H42N2O4. The third-order valence-corrected chi connectivity index (χ3v) is 8.09. The summed E-state index contributed by atoms with van der Waals surface area (Å²) in [5, 5.41) is 5.27. The van der Waals surface area contributed by atoms with Crippen molar-refractivity contribution in [2.45, 2.75) is 84.6 Å². The van der Waals surface area contributed by atoms with E-state index < -0.39 is 11.3 Å². The summed E-state index contributed by atoms with van der Waals surface area (Å²) in [6.07, 6.45) is 10.6. The Morgan fingerprint density at radius 1 is 1.03 bits per heavy atom. The molecule has 204 valence electrons. The highest BCUT2D eigenvalue weighted by Crippen LogP contribution is 2.51. The lowest BCUT2D eigenvalue weighted by Gasteiger charge is -2.44. The van der Waals surface area contributed by atoms with Crippen molar-refractivity contribution in [3.63, 3.8) is 0 Å². The molecule has 1 saturated heterocycles. The average molecular weight is 519 g/mol. The van der Waals surface area contributed by atoms with Gasteiger partial charge in [-0.1, -0.05) is 87.6 Å². The Morgan fingerprint density at radius 3 is 2.61 bits per heavy atom. The Kier molecular flexibility index (Phi) is 9.59. The maximum atomic E-state index is 13.7. The number of likely N-dealkylation sites (tertiary alicyclic amines) is 1. The van der Waals surface area contributed by atoms with E-state index in [0.717, 1.165) is 47.7 Å². The molecule has 0 unspecified atom stereocenters. The summed E-state index contributed by atoms with van der Waals surface area (Å²) in [4.78, 5) is 41.9. The van der Waals surface area contributed by atoms with Gasteiger partial charge < -0.3 is 15.0 Å². The highest BCUT2D eigenvalue weighted by molar-refractivity contribution is 5.93. The van der Waals surface area contributed by atoms with E-state index in [1.165, 1.54) is 19.3 Å². The van der Waals surface area contributed by atoms with Gasteiger partial charge in [0.15, 0.2) is 0 Å². The van der Waals surface area contributed by atoms with Crippen LogP contribution in [0, 0.1) is 11.3 Å². The van der Waals surface area contributed by atoms with Gasteiger partial charge in [0.2, 0.25) is 11.8 Å². The Balaban J connectivity index is 1.46. The predicted octanol–water partition coefficient (Wildman–Crippen LogP) is 6.28. The Morgan fingerprint density at radius 2 is 1.79 bits per heavy atom. The number of allylic oxidation sites excluding steroid dienone is 1. The first kappa shape index (κ1) is 27.9. The zero-order valence-corrected chi connectivity index (χ0v) is 23.0. The van der Waals surface area contributed by atoms with E-state index in [-0.39, 0.29) is 24.2 Å². The number of rotatable bonds is 13. The van der Waals surface area contributed by atoms with Crippen molar-refractivity contribution in [1.29, 1.82) is 0 Å². The van der Waals surface area contributed by atoms with Crippen LogP contribution in [-0.4, -0.2) is 35.8 Å². The fourth-order valence-corrected chi connectivity index (χ4v) is 6.14. The van der Waals surface area contributed by atoms with Crippen LogP contribution >= 0.6 is 0 Å². The number of nitrogens with zero attached hydrogens (tertiary/aromatic N) is 1. The molecule has 0 aromatic heterocycles. The van der Waals surface area contributed by atoms with Gasteiger partial charge in [-0.05, 0) is 48.9 Å². The molecule has 38 heavy (non-hydrogen) atoms. The molecule has 2 amide bonds. The third kappa shape index (κ3) is 6.11. The van der Waals surface area contributed by atoms with Crippen molar-refractivity contribution in [2.24, 2.45) is 11.3 Å². The Hall–Kier alpha value is -3.15. The molecule has 1 aliphatic carbocycles. The smallest absolute Gasteiger partial charge is 0.318 e. The number of fused-ring (bicyclic) bond motifs is 2. The van der Waals surface area contributed by atoms with Crippen LogP contribution < -0.4 is 5.32 Å². The summed E-state index contributed by atoms with van der Waals surface area (Å²) in [5.41, 5.74) is 1.02. The highest BCUT2D eigenvalue weighted by atomic mass is 16.5. The second-order valence-corrected chi connectivity index (χ2v) is 10.7. The Bertz CT molecular complexity index is 1170. The van der Waals surface area contributed by atoms with Gasteiger partial charge >= 0.3 is 5.97 Å². The highest BCUT2D eigenvalue weighted by Gasteiger charge is 2.55. The van der Waals surface area contributed by atoms with Crippen LogP contribution in [0.2, 0.25) is 0 Å². The normalized spacial score (nSPS) is 20.8. The molecule has 0 saturated carbocycles. The van der Waals surface area contributed by atoms with Crippen molar-refractivity contribution < 1.29 is 19.1 Å². The second kappa shape index (κ2) is 13.1. The lowest BCUT2D eigenvalue weighted by atomic mass is 9.71. The van der Waals surface area contributed by atoms with E-state index in [4.69, 9.17) is 4.74 Å². The van der Waals surface area contributed by atoms with Gasteiger partial charge in [0, 0.05) is 31.1 Å². The van der Waals surface area contributed by atoms with E-state index in [1.54, 1.807) is 0 Å². The molecule has 1 N–H and O–H groups in total. The molecule has 0 spiro atoms.